The number of hydrogen-bond acceptors (Lipinski definition) is 2. The first-order valence-electron chi connectivity index (χ1n) is 5.54. The second-order valence-electron chi connectivity index (χ2n) is 4.82. The van der Waals surface area contributed by atoms with Crippen LogP contribution in [0.25, 0.3) is 0 Å². The van der Waals surface area contributed by atoms with Crippen molar-refractivity contribution in [1.82, 2.24) is 5.32 Å². The van der Waals surface area contributed by atoms with Crippen molar-refractivity contribution in [2.75, 3.05) is 20.4 Å². The molecule has 17 heavy (non-hydrogen) atoms. The molecule has 4 heteroatoms. The van der Waals surface area contributed by atoms with Gasteiger partial charge in [0.05, 0.1) is 6.73 Å². The van der Waals surface area contributed by atoms with Gasteiger partial charge in [-0.1, -0.05) is 25.4 Å². The number of nitrogens with one attached hydrogen (secondary N) is 1. The van der Waals surface area contributed by atoms with Crippen molar-refractivity contribution < 1.29 is 9.13 Å². The predicted octanol–water partition coefficient (Wildman–Crippen LogP) is 3.26. The van der Waals surface area contributed by atoms with Gasteiger partial charge in [0.2, 0.25) is 0 Å². The van der Waals surface area contributed by atoms with E-state index < -0.39 is 0 Å². The summed E-state index contributed by atoms with van der Waals surface area (Å²) in [6, 6.07) is 3.19. The molecule has 0 saturated heterocycles. The Labute approximate surface area is 107 Å². The summed E-state index contributed by atoms with van der Waals surface area (Å²) in [6.07, 6.45) is 0. The van der Waals surface area contributed by atoms with Crippen LogP contribution in [-0.2, 0) is 10.2 Å². The first-order valence-corrected chi connectivity index (χ1v) is 5.92. The third kappa shape index (κ3) is 3.66. The van der Waals surface area contributed by atoms with Crippen molar-refractivity contribution in [2.24, 2.45) is 0 Å². The van der Waals surface area contributed by atoms with E-state index in [0.29, 0.717) is 23.9 Å². The summed E-state index contributed by atoms with van der Waals surface area (Å²) in [6.45, 7) is 6.89. The van der Waals surface area contributed by atoms with E-state index >= 15 is 0 Å². The standard InChI is InChI=1S/C13H19ClFNO/c1-9-5-11(14)10(6-12(9)15)13(2,3)7-16-8-17-4/h5-6,16H,7-8H2,1-4H3. The number of aryl methyl sites for hydroxylation is 1. The number of hydrogen-bond donors (Lipinski definition) is 1. The van der Waals surface area contributed by atoms with Gasteiger partial charge in [0.15, 0.2) is 0 Å². The topological polar surface area (TPSA) is 21.3 Å². The smallest absolute Gasteiger partial charge is 0.126 e. The molecule has 0 bridgehead atoms. The fraction of sp³-hybridized carbons (Fsp3) is 0.538. The minimum Gasteiger partial charge on any atom is -0.370 e. The van der Waals surface area contributed by atoms with Gasteiger partial charge in [-0.2, -0.15) is 0 Å². The van der Waals surface area contributed by atoms with Crippen molar-refractivity contribution in [3.8, 4) is 0 Å². The molecule has 0 amide bonds. The van der Waals surface area contributed by atoms with Crippen molar-refractivity contribution in [3.63, 3.8) is 0 Å². The second-order valence-corrected chi connectivity index (χ2v) is 5.23. The van der Waals surface area contributed by atoms with Crippen LogP contribution in [0.4, 0.5) is 4.39 Å². The maximum Gasteiger partial charge on any atom is 0.126 e. The molecular formula is C13H19ClFNO. The Hall–Kier alpha value is -0.640. The van der Waals surface area contributed by atoms with E-state index in [2.05, 4.69) is 5.32 Å². The van der Waals surface area contributed by atoms with Gasteiger partial charge in [-0.05, 0) is 30.2 Å². The SMILES string of the molecule is COCNCC(C)(C)c1cc(F)c(C)cc1Cl. The van der Waals surface area contributed by atoms with E-state index in [1.807, 2.05) is 13.8 Å². The van der Waals surface area contributed by atoms with Crippen LogP contribution in [-0.4, -0.2) is 20.4 Å². The highest BCUT2D eigenvalue weighted by Gasteiger charge is 2.24. The number of methoxy groups -OCH3 is 1. The summed E-state index contributed by atoms with van der Waals surface area (Å²) in [4.78, 5) is 0. The second kappa shape index (κ2) is 5.80. The third-order valence-corrected chi connectivity index (χ3v) is 3.10. The van der Waals surface area contributed by atoms with Gasteiger partial charge in [-0.25, -0.2) is 4.39 Å². The number of ether oxygens (including phenoxy) is 1. The van der Waals surface area contributed by atoms with Gasteiger partial charge in [-0.15, -0.1) is 0 Å². The lowest BCUT2D eigenvalue weighted by atomic mass is 9.84. The van der Waals surface area contributed by atoms with Gasteiger partial charge in [0.25, 0.3) is 0 Å². The van der Waals surface area contributed by atoms with E-state index in [1.54, 1.807) is 20.1 Å². The maximum atomic E-state index is 13.6. The summed E-state index contributed by atoms with van der Waals surface area (Å²) in [5.41, 5.74) is 1.13. The largest absolute Gasteiger partial charge is 0.370 e. The van der Waals surface area contributed by atoms with Crippen LogP contribution >= 0.6 is 11.6 Å². The third-order valence-electron chi connectivity index (χ3n) is 2.79. The van der Waals surface area contributed by atoms with E-state index in [9.17, 15) is 4.39 Å². The molecule has 0 aliphatic carbocycles. The molecule has 0 saturated carbocycles. The first kappa shape index (κ1) is 14.4. The molecular weight excluding hydrogens is 241 g/mol. The van der Waals surface area contributed by atoms with E-state index in [4.69, 9.17) is 16.3 Å². The number of halogens is 2. The quantitative estimate of drug-likeness (QED) is 0.647. The van der Waals surface area contributed by atoms with E-state index in [1.165, 1.54) is 6.07 Å². The van der Waals surface area contributed by atoms with Crippen LogP contribution in [0, 0.1) is 12.7 Å². The lowest BCUT2D eigenvalue weighted by molar-refractivity contribution is 0.169. The molecule has 0 radical (unpaired) electrons. The van der Waals surface area contributed by atoms with Crippen LogP contribution < -0.4 is 5.32 Å². The highest BCUT2D eigenvalue weighted by Crippen LogP contribution is 2.31. The van der Waals surface area contributed by atoms with Gasteiger partial charge in [0.1, 0.15) is 5.82 Å². The van der Waals surface area contributed by atoms with Crippen molar-refractivity contribution in [1.29, 1.82) is 0 Å². The molecule has 1 aromatic rings. The zero-order chi connectivity index (χ0) is 13.1. The lowest BCUT2D eigenvalue weighted by Crippen LogP contribution is -2.34. The highest BCUT2D eigenvalue weighted by molar-refractivity contribution is 6.31. The van der Waals surface area contributed by atoms with Gasteiger partial charge < -0.3 is 4.74 Å². The normalized spacial score (nSPS) is 11.9. The molecule has 0 heterocycles. The average Bonchev–Trinajstić information content (AvgIpc) is 2.23. The number of rotatable bonds is 5. The van der Waals surface area contributed by atoms with Crippen molar-refractivity contribution in [2.45, 2.75) is 26.2 Å². The Morgan fingerprint density at radius 1 is 1.41 bits per heavy atom. The summed E-state index contributed by atoms with van der Waals surface area (Å²) in [5, 5.41) is 3.74. The lowest BCUT2D eigenvalue weighted by Gasteiger charge is -2.27. The molecule has 0 aliphatic rings. The monoisotopic (exact) mass is 259 g/mol. The fourth-order valence-corrected chi connectivity index (χ4v) is 2.20. The van der Waals surface area contributed by atoms with Crippen LogP contribution in [0.1, 0.15) is 25.0 Å². The first-order chi connectivity index (χ1) is 7.88. The summed E-state index contributed by atoms with van der Waals surface area (Å²) in [7, 11) is 1.62. The molecule has 0 atom stereocenters. The Bertz CT molecular complexity index is 393. The molecule has 0 fully saturated rings. The predicted molar refractivity (Wildman–Crippen MR) is 69.1 cm³/mol. The Balaban J connectivity index is 2.93. The summed E-state index contributed by atoms with van der Waals surface area (Å²) >= 11 is 6.17. The van der Waals surface area contributed by atoms with Gasteiger partial charge >= 0.3 is 0 Å². The fourth-order valence-electron chi connectivity index (χ4n) is 1.73. The maximum absolute atomic E-state index is 13.6. The zero-order valence-corrected chi connectivity index (χ0v) is 11.5. The van der Waals surface area contributed by atoms with Crippen LogP contribution in [0.5, 0.6) is 0 Å². The molecule has 0 unspecified atom stereocenters. The molecule has 0 spiro atoms. The zero-order valence-electron chi connectivity index (χ0n) is 10.7. The molecule has 0 aliphatic heterocycles. The van der Waals surface area contributed by atoms with Gasteiger partial charge in [-0.3, -0.25) is 5.32 Å². The van der Waals surface area contributed by atoms with Crippen LogP contribution in [0.2, 0.25) is 5.02 Å². The van der Waals surface area contributed by atoms with E-state index in [-0.39, 0.29) is 11.2 Å². The minimum atomic E-state index is -0.246. The van der Waals surface area contributed by atoms with E-state index in [0.717, 1.165) is 5.56 Å². The average molecular weight is 260 g/mol. The number of benzene rings is 1. The van der Waals surface area contributed by atoms with Crippen LogP contribution in [0.15, 0.2) is 12.1 Å². The molecule has 96 valence electrons. The molecule has 2 nitrogen and oxygen atoms in total. The summed E-state index contributed by atoms with van der Waals surface area (Å²) < 4.78 is 18.5. The Morgan fingerprint density at radius 3 is 2.65 bits per heavy atom. The van der Waals surface area contributed by atoms with Crippen molar-refractivity contribution in [3.05, 3.63) is 34.1 Å². The molecule has 1 rings (SSSR count). The highest BCUT2D eigenvalue weighted by atomic mass is 35.5. The minimum absolute atomic E-state index is 0.218. The van der Waals surface area contributed by atoms with Gasteiger partial charge in [0, 0.05) is 24.1 Å². The molecule has 1 N–H and O–H groups in total. The molecule has 1 aromatic carbocycles. The summed E-state index contributed by atoms with van der Waals surface area (Å²) in [5.74, 6) is -0.218. The Morgan fingerprint density at radius 2 is 2.06 bits per heavy atom. The molecule has 0 aromatic heterocycles. The van der Waals surface area contributed by atoms with Crippen molar-refractivity contribution >= 4 is 11.6 Å². The Kier molecular flexibility index (Phi) is 4.92. The van der Waals surface area contributed by atoms with Crippen LogP contribution in [0.3, 0.4) is 0 Å².